The Labute approximate surface area is 167 Å². The first kappa shape index (κ1) is 19.8. The summed E-state index contributed by atoms with van der Waals surface area (Å²) >= 11 is 1.16. The van der Waals surface area contributed by atoms with Gasteiger partial charge in [0.05, 0.1) is 30.9 Å². The first-order valence-corrected chi connectivity index (χ1v) is 9.63. The quantitative estimate of drug-likeness (QED) is 0.720. The van der Waals surface area contributed by atoms with Crippen LogP contribution in [0.2, 0.25) is 0 Å². The second-order valence-electron chi connectivity index (χ2n) is 6.05. The van der Waals surface area contributed by atoms with Crippen molar-refractivity contribution in [2.75, 3.05) is 30.2 Å². The van der Waals surface area contributed by atoms with E-state index < -0.39 is 5.25 Å². The molecule has 0 bridgehead atoms. The number of imide groups is 1. The van der Waals surface area contributed by atoms with E-state index in [0.29, 0.717) is 22.9 Å². The van der Waals surface area contributed by atoms with Crippen molar-refractivity contribution in [3.63, 3.8) is 0 Å². The van der Waals surface area contributed by atoms with Crippen LogP contribution in [0.25, 0.3) is 0 Å². The monoisotopic (exact) mass is 400 g/mol. The number of anilines is 2. The number of carbonyl (C=O) groups excluding carboxylic acids is 3. The fourth-order valence-corrected chi connectivity index (χ4v) is 3.72. The normalized spacial score (nSPS) is 16.2. The molecule has 1 N–H and O–H groups in total. The number of rotatable bonds is 7. The lowest BCUT2D eigenvalue weighted by molar-refractivity contribution is -0.121. The summed E-state index contributed by atoms with van der Waals surface area (Å²) in [6, 6.07) is 13.7. The Morgan fingerprint density at radius 3 is 2.18 bits per heavy atom. The van der Waals surface area contributed by atoms with Crippen molar-refractivity contribution >= 4 is 40.9 Å². The predicted molar refractivity (Wildman–Crippen MR) is 108 cm³/mol. The maximum Gasteiger partial charge on any atom is 0.247 e. The van der Waals surface area contributed by atoms with Crippen molar-refractivity contribution < 1.29 is 23.9 Å². The van der Waals surface area contributed by atoms with Crippen molar-refractivity contribution in [1.29, 1.82) is 0 Å². The minimum atomic E-state index is -0.573. The standard InChI is InChI=1S/C20H20N2O5S/c1-26-15-7-3-13(4-8-15)21-18(23)12-28-17-11-19(24)22(20(17)25)14-5-9-16(27-2)10-6-14/h3-10,17H,11-12H2,1-2H3,(H,21,23). The van der Waals surface area contributed by atoms with Crippen LogP contribution in [0.3, 0.4) is 0 Å². The van der Waals surface area contributed by atoms with E-state index in [1.807, 2.05) is 0 Å². The van der Waals surface area contributed by atoms with Gasteiger partial charge < -0.3 is 14.8 Å². The van der Waals surface area contributed by atoms with Crippen LogP contribution in [0.5, 0.6) is 11.5 Å². The lowest BCUT2D eigenvalue weighted by Gasteiger charge is -2.15. The van der Waals surface area contributed by atoms with E-state index in [2.05, 4.69) is 5.32 Å². The van der Waals surface area contributed by atoms with Gasteiger partial charge in [-0.15, -0.1) is 11.8 Å². The Balaban J connectivity index is 1.56. The van der Waals surface area contributed by atoms with Gasteiger partial charge in [0.25, 0.3) is 0 Å². The number of carbonyl (C=O) groups is 3. The van der Waals surface area contributed by atoms with Gasteiger partial charge in [0.1, 0.15) is 11.5 Å². The lowest BCUT2D eigenvalue weighted by atomic mass is 10.3. The summed E-state index contributed by atoms with van der Waals surface area (Å²) in [4.78, 5) is 38.2. The van der Waals surface area contributed by atoms with Gasteiger partial charge in [0.2, 0.25) is 17.7 Å². The molecule has 3 amide bonds. The summed E-state index contributed by atoms with van der Waals surface area (Å²) in [7, 11) is 3.12. The average Bonchev–Trinajstić information content (AvgIpc) is 3.00. The molecule has 2 aromatic rings. The van der Waals surface area contributed by atoms with Crippen LogP contribution in [0, 0.1) is 0 Å². The summed E-state index contributed by atoms with van der Waals surface area (Å²) in [6.07, 6.45) is 0.0747. The van der Waals surface area contributed by atoms with Crippen LogP contribution in [-0.2, 0) is 14.4 Å². The fraction of sp³-hybridized carbons (Fsp3) is 0.250. The molecule has 1 aliphatic rings. The number of thioether (sulfide) groups is 1. The summed E-state index contributed by atoms with van der Waals surface area (Å²) in [5, 5.41) is 2.19. The number of nitrogens with one attached hydrogen (secondary N) is 1. The topological polar surface area (TPSA) is 84.9 Å². The molecule has 1 saturated heterocycles. The van der Waals surface area contributed by atoms with Crippen molar-refractivity contribution in [3.05, 3.63) is 48.5 Å². The SMILES string of the molecule is COc1ccc(NC(=O)CSC2CC(=O)N(c3ccc(OC)cc3)C2=O)cc1. The molecule has 146 valence electrons. The van der Waals surface area contributed by atoms with E-state index in [1.165, 1.54) is 4.90 Å². The van der Waals surface area contributed by atoms with E-state index in [-0.39, 0.29) is 29.9 Å². The zero-order valence-corrected chi connectivity index (χ0v) is 16.3. The van der Waals surface area contributed by atoms with Gasteiger partial charge in [0.15, 0.2) is 0 Å². The Bertz CT molecular complexity index is 867. The first-order valence-electron chi connectivity index (χ1n) is 8.58. The smallest absolute Gasteiger partial charge is 0.247 e. The largest absolute Gasteiger partial charge is 0.497 e. The molecule has 0 spiro atoms. The summed E-state index contributed by atoms with van der Waals surface area (Å²) in [5.41, 5.74) is 1.14. The molecule has 2 aromatic carbocycles. The Hall–Kier alpha value is -3.00. The maximum atomic E-state index is 12.6. The van der Waals surface area contributed by atoms with E-state index in [9.17, 15) is 14.4 Å². The molecule has 1 unspecified atom stereocenters. The zero-order chi connectivity index (χ0) is 20.1. The molecule has 8 heteroatoms. The minimum absolute atomic E-state index is 0.0747. The Morgan fingerprint density at radius 2 is 1.61 bits per heavy atom. The van der Waals surface area contributed by atoms with Crippen LogP contribution in [0.4, 0.5) is 11.4 Å². The van der Waals surface area contributed by atoms with Gasteiger partial charge in [-0.1, -0.05) is 0 Å². The molecule has 0 aromatic heterocycles. The van der Waals surface area contributed by atoms with Crippen LogP contribution >= 0.6 is 11.8 Å². The molecular formula is C20H20N2O5S. The molecular weight excluding hydrogens is 380 g/mol. The predicted octanol–water partition coefficient (Wildman–Crippen LogP) is 2.71. The third-order valence-corrected chi connectivity index (χ3v) is 5.42. The van der Waals surface area contributed by atoms with Gasteiger partial charge in [0, 0.05) is 12.1 Å². The van der Waals surface area contributed by atoms with Gasteiger partial charge in [-0.3, -0.25) is 14.4 Å². The molecule has 0 radical (unpaired) electrons. The van der Waals surface area contributed by atoms with Gasteiger partial charge >= 0.3 is 0 Å². The first-order chi connectivity index (χ1) is 13.5. The van der Waals surface area contributed by atoms with Crippen molar-refractivity contribution in [2.24, 2.45) is 0 Å². The van der Waals surface area contributed by atoms with Gasteiger partial charge in [-0.2, -0.15) is 0 Å². The highest BCUT2D eigenvalue weighted by Crippen LogP contribution is 2.30. The molecule has 3 rings (SSSR count). The zero-order valence-electron chi connectivity index (χ0n) is 15.5. The third kappa shape index (κ3) is 4.45. The Morgan fingerprint density at radius 1 is 1.04 bits per heavy atom. The summed E-state index contributed by atoms with van der Waals surface area (Å²) < 4.78 is 10.2. The molecule has 28 heavy (non-hydrogen) atoms. The molecule has 1 atom stereocenters. The van der Waals surface area contributed by atoms with E-state index in [0.717, 1.165) is 11.8 Å². The van der Waals surface area contributed by atoms with E-state index >= 15 is 0 Å². The number of amides is 3. The fourth-order valence-electron chi connectivity index (χ4n) is 2.78. The highest BCUT2D eigenvalue weighted by molar-refractivity contribution is 8.01. The molecule has 1 fully saturated rings. The highest BCUT2D eigenvalue weighted by Gasteiger charge is 2.40. The van der Waals surface area contributed by atoms with Crippen LogP contribution in [0.1, 0.15) is 6.42 Å². The molecule has 7 nitrogen and oxygen atoms in total. The number of hydrogen-bond acceptors (Lipinski definition) is 6. The molecule has 1 heterocycles. The highest BCUT2D eigenvalue weighted by atomic mass is 32.2. The summed E-state index contributed by atoms with van der Waals surface area (Å²) in [6.45, 7) is 0. The number of hydrogen-bond donors (Lipinski definition) is 1. The van der Waals surface area contributed by atoms with Crippen LogP contribution < -0.4 is 19.7 Å². The van der Waals surface area contributed by atoms with E-state index in [1.54, 1.807) is 62.8 Å². The second-order valence-corrected chi connectivity index (χ2v) is 7.24. The number of ether oxygens (including phenoxy) is 2. The van der Waals surface area contributed by atoms with Crippen molar-refractivity contribution in [2.45, 2.75) is 11.7 Å². The van der Waals surface area contributed by atoms with Crippen LogP contribution in [0.15, 0.2) is 48.5 Å². The number of nitrogens with zero attached hydrogens (tertiary/aromatic N) is 1. The minimum Gasteiger partial charge on any atom is -0.497 e. The van der Waals surface area contributed by atoms with Gasteiger partial charge in [-0.05, 0) is 48.5 Å². The molecule has 0 saturated carbocycles. The number of benzene rings is 2. The van der Waals surface area contributed by atoms with Crippen LogP contribution in [-0.4, -0.2) is 42.9 Å². The summed E-state index contributed by atoms with van der Waals surface area (Å²) in [5.74, 6) is 0.593. The molecule has 1 aliphatic heterocycles. The Kier molecular flexibility index (Phi) is 6.20. The molecule has 0 aliphatic carbocycles. The third-order valence-electron chi connectivity index (χ3n) is 4.23. The lowest BCUT2D eigenvalue weighted by Crippen LogP contribution is -2.31. The second kappa shape index (κ2) is 8.79. The van der Waals surface area contributed by atoms with Gasteiger partial charge in [-0.25, -0.2) is 4.90 Å². The number of methoxy groups -OCH3 is 2. The average molecular weight is 400 g/mol. The van der Waals surface area contributed by atoms with Crippen molar-refractivity contribution in [3.8, 4) is 11.5 Å². The van der Waals surface area contributed by atoms with E-state index in [4.69, 9.17) is 9.47 Å². The van der Waals surface area contributed by atoms with Crippen molar-refractivity contribution in [1.82, 2.24) is 0 Å². The maximum absolute atomic E-state index is 12.6.